The lowest BCUT2D eigenvalue weighted by Crippen LogP contribution is -2.50. The smallest absolute Gasteiger partial charge is 0.408 e. The van der Waals surface area contributed by atoms with Gasteiger partial charge in [0.1, 0.15) is 30.5 Å². The van der Waals surface area contributed by atoms with Gasteiger partial charge in [0.25, 0.3) is 5.56 Å². The summed E-state index contributed by atoms with van der Waals surface area (Å²) in [5.74, 6) is -0.0674. The molecule has 9 atom stereocenters. The van der Waals surface area contributed by atoms with Crippen LogP contribution in [-0.4, -0.2) is 91.3 Å². The standard InChI is InChI=1S/C26H40N8O10P2SSi/c1-26(2,3)48(4,5)44-20-17-11-39-45(36,37)42-16-9-15(31-18-6-7-28-12-29-18)8-14(16)10-40-46(38,47)43-21(20)24(41-17)34-13-30-19-22(34)32-25(27)33-23(19)35/h6-7,12-17,20-21,24H,8-11H2,1-5H3,(H,36,37)(H,38,47)(H,28,29,31)(H3,27,32,33,35)/t14-,15-,16+,17-,20?,21-,24-,46?/m1/s1. The number of hydrogen-bond acceptors (Lipinski definition) is 15. The van der Waals surface area contributed by atoms with Gasteiger partial charge in [-0.25, -0.2) is 19.5 Å². The number of anilines is 2. The first-order valence-electron chi connectivity index (χ1n) is 15.3. The number of ether oxygens (including phenoxy) is 1. The molecule has 3 fully saturated rings. The van der Waals surface area contributed by atoms with Gasteiger partial charge in [0, 0.05) is 18.2 Å². The van der Waals surface area contributed by atoms with E-state index >= 15 is 0 Å². The summed E-state index contributed by atoms with van der Waals surface area (Å²) in [4.78, 5) is 54.0. The number of hydrogen-bond donors (Lipinski definition) is 5. The van der Waals surface area contributed by atoms with Gasteiger partial charge in [0.2, 0.25) is 5.95 Å². The lowest BCUT2D eigenvalue weighted by molar-refractivity contribution is -0.0537. The summed E-state index contributed by atoms with van der Waals surface area (Å²) in [5, 5.41) is 2.99. The predicted octanol–water partition coefficient (Wildman–Crippen LogP) is 2.80. The maximum atomic E-state index is 13.4. The van der Waals surface area contributed by atoms with Crippen molar-refractivity contribution in [3.63, 3.8) is 0 Å². The first-order chi connectivity index (χ1) is 22.4. The summed E-state index contributed by atoms with van der Waals surface area (Å²) in [6, 6.07) is 1.48. The zero-order chi connectivity index (χ0) is 34.6. The minimum absolute atomic E-state index is 0.0205. The van der Waals surface area contributed by atoms with E-state index in [-0.39, 0.29) is 34.8 Å². The van der Waals surface area contributed by atoms with Crippen molar-refractivity contribution in [3.05, 3.63) is 35.3 Å². The van der Waals surface area contributed by atoms with Crippen molar-refractivity contribution in [2.24, 2.45) is 5.92 Å². The molecule has 0 aromatic carbocycles. The van der Waals surface area contributed by atoms with Crippen LogP contribution in [0.25, 0.3) is 11.2 Å². The SMILES string of the molecule is CC(C)(C)[Si](C)(C)OC1[C@H]2OP(O)(=S)OC[C@H]3C[C@@H](Nc4ccncn4)C[C@@H]3OP(=O)(O)OC[C@H]1O[C@H]2n1cnc2c(=O)[nH]c(N)nc21. The van der Waals surface area contributed by atoms with Gasteiger partial charge >= 0.3 is 14.5 Å². The van der Waals surface area contributed by atoms with Gasteiger partial charge in [-0.05, 0) is 48.8 Å². The summed E-state index contributed by atoms with van der Waals surface area (Å²) in [6.45, 7) is 5.48. The van der Waals surface area contributed by atoms with Gasteiger partial charge in [0.15, 0.2) is 25.7 Å². The molecule has 3 unspecified atom stereocenters. The van der Waals surface area contributed by atoms with Gasteiger partial charge < -0.3 is 34.5 Å². The van der Waals surface area contributed by atoms with E-state index in [0.717, 1.165) is 0 Å². The van der Waals surface area contributed by atoms with E-state index in [1.165, 1.54) is 17.2 Å². The molecule has 6 N–H and O–H groups in total. The number of fused-ring (bicyclic) bond motifs is 4. The van der Waals surface area contributed by atoms with Crippen molar-refractivity contribution >= 4 is 57.6 Å². The van der Waals surface area contributed by atoms with Crippen molar-refractivity contribution in [2.75, 3.05) is 24.3 Å². The van der Waals surface area contributed by atoms with Crippen LogP contribution in [0.5, 0.6) is 0 Å². The molecule has 0 radical (unpaired) electrons. The van der Waals surface area contributed by atoms with Crippen LogP contribution in [0.3, 0.4) is 0 Å². The van der Waals surface area contributed by atoms with E-state index in [4.69, 9.17) is 44.8 Å². The maximum Gasteiger partial charge on any atom is 0.472 e. The number of phosphoric ester groups is 1. The highest BCUT2D eigenvalue weighted by Gasteiger charge is 2.54. The van der Waals surface area contributed by atoms with Crippen LogP contribution in [-0.2, 0) is 43.6 Å². The molecule has 48 heavy (non-hydrogen) atoms. The summed E-state index contributed by atoms with van der Waals surface area (Å²) >= 11 is 5.55. The number of nitrogens with zero attached hydrogens (tertiary/aromatic N) is 5. The zero-order valence-corrected chi connectivity index (χ0v) is 30.6. The van der Waals surface area contributed by atoms with E-state index in [1.54, 1.807) is 12.3 Å². The molecule has 2 aliphatic heterocycles. The first kappa shape index (κ1) is 35.6. The Morgan fingerprint density at radius 1 is 1.17 bits per heavy atom. The highest BCUT2D eigenvalue weighted by Crippen LogP contribution is 2.55. The zero-order valence-electron chi connectivity index (χ0n) is 27.0. The number of imidazole rings is 1. The molecule has 3 aromatic heterocycles. The Kier molecular flexibility index (Phi) is 9.77. The van der Waals surface area contributed by atoms with Crippen LogP contribution in [0.15, 0.2) is 29.7 Å². The Balaban J connectivity index is 1.36. The van der Waals surface area contributed by atoms with Crippen molar-refractivity contribution in [1.29, 1.82) is 0 Å². The van der Waals surface area contributed by atoms with Crippen LogP contribution in [0.4, 0.5) is 11.8 Å². The summed E-state index contributed by atoms with van der Waals surface area (Å²) in [6.07, 6.45) is -0.111. The van der Waals surface area contributed by atoms with Gasteiger partial charge in [-0.3, -0.25) is 27.9 Å². The molecule has 264 valence electrons. The van der Waals surface area contributed by atoms with Gasteiger partial charge in [-0.1, -0.05) is 20.8 Å². The number of H-pyrrole nitrogens is 1. The molecule has 0 spiro atoms. The number of phosphoric acid groups is 1. The van der Waals surface area contributed by atoms with E-state index in [0.29, 0.717) is 18.7 Å². The van der Waals surface area contributed by atoms with Crippen molar-refractivity contribution < 1.29 is 41.6 Å². The third-order valence-electron chi connectivity index (χ3n) is 9.19. The van der Waals surface area contributed by atoms with E-state index < -0.39 is 71.6 Å². The lowest BCUT2D eigenvalue weighted by atomic mass is 10.1. The van der Waals surface area contributed by atoms with Crippen molar-refractivity contribution in [2.45, 2.75) is 88.4 Å². The van der Waals surface area contributed by atoms with Gasteiger partial charge in [-0.15, -0.1) is 0 Å². The fourth-order valence-corrected chi connectivity index (χ4v) is 9.57. The lowest BCUT2D eigenvalue weighted by Gasteiger charge is -2.40. The third kappa shape index (κ3) is 7.59. The molecule has 3 aromatic rings. The quantitative estimate of drug-likeness (QED) is 0.186. The van der Waals surface area contributed by atoms with Crippen LogP contribution >= 0.6 is 14.5 Å². The number of nitrogens with two attached hydrogens (primary N) is 1. The fourth-order valence-electron chi connectivity index (χ4n) is 5.80. The molecule has 6 rings (SSSR count). The second kappa shape index (κ2) is 13.2. The fraction of sp³-hybridized carbons (Fsp3) is 0.654. The molecule has 1 saturated carbocycles. The molecule has 0 amide bonds. The second-order valence-corrected chi connectivity index (χ2v) is 22.5. The van der Waals surface area contributed by atoms with Crippen molar-refractivity contribution in [3.8, 4) is 0 Å². The summed E-state index contributed by atoms with van der Waals surface area (Å²) in [5.41, 5.74) is 5.33. The molecule has 5 heterocycles. The first-order valence-corrected chi connectivity index (χ1v) is 22.3. The largest absolute Gasteiger partial charge is 0.472 e. The van der Waals surface area contributed by atoms with Crippen LogP contribution < -0.4 is 16.6 Å². The number of nitrogen functional groups attached to an aromatic ring is 1. The third-order valence-corrected chi connectivity index (χ3v) is 16.2. The Labute approximate surface area is 282 Å². The highest BCUT2D eigenvalue weighted by atomic mass is 32.5. The molecule has 1 aliphatic carbocycles. The van der Waals surface area contributed by atoms with Crippen molar-refractivity contribution in [1.82, 2.24) is 29.5 Å². The number of rotatable bonds is 5. The van der Waals surface area contributed by atoms with E-state index in [1.807, 2.05) is 33.9 Å². The topological polar surface area (TPSA) is 240 Å². The molecule has 2 bridgehead atoms. The predicted molar refractivity (Wildman–Crippen MR) is 179 cm³/mol. The Hall–Kier alpha value is -2.19. The van der Waals surface area contributed by atoms with Gasteiger partial charge in [0.05, 0.1) is 25.6 Å². The Bertz CT molecular complexity index is 1800. The average Bonchev–Trinajstić information content (AvgIpc) is 3.66. The monoisotopic (exact) mass is 746 g/mol. The molecule has 3 aliphatic rings. The molecule has 18 nitrogen and oxygen atoms in total. The average molecular weight is 747 g/mol. The Morgan fingerprint density at radius 2 is 1.94 bits per heavy atom. The Morgan fingerprint density at radius 3 is 2.65 bits per heavy atom. The number of nitrogens with one attached hydrogen (secondary N) is 2. The normalized spacial score (nSPS) is 35.0. The summed E-state index contributed by atoms with van der Waals surface area (Å²) < 4.78 is 51.5. The molecular formula is C26H40N8O10P2SSi. The van der Waals surface area contributed by atoms with Crippen LogP contribution in [0.1, 0.15) is 39.8 Å². The van der Waals surface area contributed by atoms with Gasteiger partial charge in [-0.2, -0.15) is 4.98 Å². The molecule has 22 heteroatoms. The maximum absolute atomic E-state index is 13.4. The molecular weight excluding hydrogens is 706 g/mol. The molecule has 2 saturated heterocycles. The number of aromatic amines is 1. The summed E-state index contributed by atoms with van der Waals surface area (Å²) in [7, 11) is -7.30. The minimum Gasteiger partial charge on any atom is -0.408 e. The van der Waals surface area contributed by atoms with Crippen LogP contribution in [0, 0.1) is 5.92 Å². The van der Waals surface area contributed by atoms with E-state index in [9.17, 15) is 19.1 Å². The highest BCUT2D eigenvalue weighted by molar-refractivity contribution is 8.07. The minimum atomic E-state index is -4.68. The van der Waals surface area contributed by atoms with Crippen LogP contribution in [0.2, 0.25) is 18.1 Å². The number of aromatic nitrogens is 6. The van der Waals surface area contributed by atoms with E-state index in [2.05, 4.69) is 30.2 Å². The second-order valence-electron chi connectivity index (χ2n) is 13.6.